The fourth-order valence-electron chi connectivity index (χ4n) is 2.00. The second kappa shape index (κ2) is 6.92. The summed E-state index contributed by atoms with van der Waals surface area (Å²) in [7, 11) is 0. The van der Waals surface area contributed by atoms with Crippen molar-refractivity contribution in [3.05, 3.63) is 59.2 Å². The Kier molecular flexibility index (Phi) is 5.19. The zero-order valence-corrected chi connectivity index (χ0v) is 13.4. The molecule has 0 heterocycles. The summed E-state index contributed by atoms with van der Waals surface area (Å²) < 4.78 is 26.8. The molecule has 2 aromatic rings. The predicted molar refractivity (Wildman–Crippen MR) is 86.2 cm³/mol. The molecular formula is C17H17F2NOS. The van der Waals surface area contributed by atoms with Crippen LogP contribution >= 0.6 is 11.8 Å². The third-order valence-electron chi connectivity index (χ3n) is 3.21. The molecule has 0 saturated carbocycles. The summed E-state index contributed by atoms with van der Waals surface area (Å²) in [4.78, 5) is 12.3. The van der Waals surface area contributed by atoms with E-state index in [0.717, 1.165) is 46.8 Å². The van der Waals surface area contributed by atoms with Gasteiger partial charge in [0.15, 0.2) is 0 Å². The van der Waals surface area contributed by atoms with E-state index < -0.39 is 16.9 Å². The standard InChI is InChI=1S/C17H17F2NOS/c1-10-4-7-15(11(2)8-10)20-17(21)12(3)22-16-9-13(18)5-6-14(16)19/h4-9,12H,1-3H3,(H,20,21)/t12-/m0/s1. The number of benzene rings is 2. The van der Waals surface area contributed by atoms with Crippen molar-refractivity contribution < 1.29 is 13.6 Å². The van der Waals surface area contributed by atoms with E-state index >= 15 is 0 Å². The van der Waals surface area contributed by atoms with E-state index in [1.165, 1.54) is 0 Å². The average molecular weight is 321 g/mol. The van der Waals surface area contributed by atoms with Gasteiger partial charge in [-0.15, -0.1) is 11.8 Å². The highest BCUT2D eigenvalue weighted by molar-refractivity contribution is 8.00. The van der Waals surface area contributed by atoms with E-state index in [0.29, 0.717) is 0 Å². The molecule has 0 aromatic heterocycles. The highest BCUT2D eigenvalue weighted by Crippen LogP contribution is 2.28. The lowest BCUT2D eigenvalue weighted by Gasteiger charge is -2.14. The summed E-state index contributed by atoms with van der Waals surface area (Å²) in [5.74, 6) is -1.30. The molecular weight excluding hydrogens is 304 g/mol. The lowest BCUT2D eigenvalue weighted by molar-refractivity contribution is -0.115. The summed E-state index contributed by atoms with van der Waals surface area (Å²) in [5.41, 5.74) is 2.80. The van der Waals surface area contributed by atoms with Gasteiger partial charge in [0, 0.05) is 10.6 Å². The molecule has 2 rings (SSSR count). The van der Waals surface area contributed by atoms with Crippen molar-refractivity contribution in [1.82, 2.24) is 0 Å². The van der Waals surface area contributed by atoms with Crippen LogP contribution in [0, 0.1) is 25.5 Å². The largest absolute Gasteiger partial charge is 0.325 e. The van der Waals surface area contributed by atoms with Crippen LogP contribution in [0.5, 0.6) is 0 Å². The molecule has 0 spiro atoms. The molecule has 0 aliphatic carbocycles. The monoisotopic (exact) mass is 321 g/mol. The summed E-state index contributed by atoms with van der Waals surface area (Å²) in [5, 5.41) is 2.27. The molecule has 0 radical (unpaired) electrons. The Labute approximate surface area is 132 Å². The smallest absolute Gasteiger partial charge is 0.237 e. The number of carbonyl (C=O) groups excluding carboxylic acids is 1. The van der Waals surface area contributed by atoms with Gasteiger partial charge in [-0.2, -0.15) is 0 Å². The molecule has 2 nitrogen and oxygen atoms in total. The van der Waals surface area contributed by atoms with Crippen molar-refractivity contribution in [2.45, 2.75) is 30.9 Å². The van der Waals surface area contributed by atoms with Crippen LogP contribution in [-0.2, 0) is 4.79 Å². The molecule has 1 atom stereocenters. The number of amides is 1. The topological polar surface area (TPSA) is 29.1 Å². The second-order valence-electron chi connectivity index (χ2n) is 5.14. The average Bonchev–Trinajstić information content (AvgIpc) is 2.45. The number of anilines is 1. The van der Waals surface area contributed by atoms with Gasteiger partial charge in [-0.25, -0.2) is 8.78 Å². The molecule has 1 amide bonds. The van der Waals surface area contributed by atoms with Gasteiger partial charge in [-0.1, -0.05) is 17.7 Å². The van der Waals surface area contributed by atoms with E-state index in [-0.39, 0.29) is 10.8 Å². The van der Waals surface area contributed by atoms with Gasteiger partial charge < -0.3 is 5.32 Å². The van der Waals surface area contributed by atoms with Crippen LogP contribution in [0.4, 0.5) is 14.5 Å². The second-order valence-corrected chi connectivity index (χ2v) is 6.53. The van der Waals surface area contributed by atoms with Crippen molar-refractivity contribution >= 4 is 23.4 Å². The molecule has 116 valence electrons. The van der Waals surface area contributed by atoms with Gasteiger partial charge in [0.25, 0.3) is 0 Å². The number of hydrogen-bond acceptors (Lipinski definition) is 2. The van der Waals surface area contributed by atoms with Gasteiger partial charge in [0.2, 0.25) is 5.91 Å². The van der Waals surface area contributed by atoms with Gasteiger partial charge in [0.05, 0.1) is 5.25 Å². The van der Waals surface area contributed by atoms with Crippen LogP contribution in [0.15, 0.2) is 41.3 Å². The van der Waals surface area contributed by atoms with E-state index in [9.17, 15) is 13.6 Å². The maximum atomic E-state index is 13.6. The van der Waals surface area contributed by atoms with E-state index in [1.807, 2.05) is 32.0 Å². The Morgan fingerprint density at radius 2 is 1.86 bits per heavy atom. The fourth-order valence-corrected chi connectivity index (χ4v) is 2.91. The third kappa shape index (κ3) is 4.07. The normalized spacial score (nSPS) is 12.0. The summed E-state index contributed by atoms with van der Waals surface area (Å²) in [6.45, 7) is 5.55. The Morgan fingerprint density at radius 1 is 1.14 bits per heavy atom. The van der Waals surface area contributed by atoms with Crippen molar-refractivity contribution in [2.75, 3.05) is 5.32 Å². The van der Waals surface area contributed by atoms with Crippen LogP contribution in [-0.4, -0.2) is 11.2 Å². The molecule has 22 heavy (non-hydrogen) atoms. The Morgan fingerprint density at radius 3 is 2.55 bits per heavy atom. The molecule has 0 saturated heterocycles. The number of thioether (sulfide) groups is 1. The summed E-state index contributed by atoms with van der Waals surface area (Å²) in [6.07, 6.45) is 0. The SMILES string of the molecule is Cc1ccc(NC(=O)[C@H](C)Sc2cc(F)ccc2F)c(C)c1. The van der Waals surface area contributed by atoms with Crippen molar-refractivity contribution in [2.24, 2.45) is 0 Å². The predicted octanol–water partition coefficient (Wildman–Crippen LogP) is 4.70. The minimum Gasteiger partial charge on any atom is -0.325 e. The third-order valence-corrected chi connectivity index (χ3v) is 4.34. The molecule has 0 unspecified atom stereocenters. The fraction of sp³-hybridized carbons (Fsp3) is 0.235. The summed E-state index contributed by atoms with van der Waals surface area (Å²) >= 11 is 0.994. The number of halogens is 2. The van der Waals surface area contributed by atoms with E-state index in [4.69, 9.17) is 0 Å². The highest BCUT2D eigenvalue weighted by atomic mass is 32.2. The van der Waals surface area contributed by atoms with Crippen LogP contribution in [0.1, 0.15) is 18.1 Å². The van der Waals surface area contributed by atoms with Crippen LogP contribution in [0.2, 0.25) is 0 Å². The molecule has 0 fully saturated rings. The lowest BCUT2D eigenvalue weighted by atomic mass is 10.1. The number of aryl methyl sites for hydroxylation is 2. The first-order valence-electron chi connectivity index (χ1n) is 6.86. The zero-order chi connectivity index (χ0) is 16.3. The maximum Gasteiger partial charge on any atom is 0.237 e. The first kappa shape index (κ1) is 16.5. The Bertz CT molecular complexity index is 703. The first-order chi connectivity index (χ1) is 10.4. The minimum atomic E-state index is -0.544. The molecule has 1 N–H and O–H groups in total. The zero-order valence-electron chi connectivity index (χ0n) is 12.6. The number of nitrogens with one attached hydrogen (secondary N) is 1. The van der Waals surface area contributed by atoms with Crippen LogP contribution in [0.3, 0.4) is 0 Å². The van der Waals surface area contributed by atoms with Crippen LogP contribution in [0.25, 0.3) is 0 Å². The van der Waals surface area contributed by atoms with Gasteiger partial charge >= 0.3 is 0 Å². The quantitative estimate of drug-likeness (QED) is 0.827. The molecule has 0 aliphatic rings. The highest BCUT2D eigenvalue weighted by Gasteiger charge is 2.17. The Hall–Kier alpha value is -1.88. The Balaban J connectivity index is 2.07. The molecule has 0 aliphatic heterocycles. The van der Waals surface area contributed by atoms with E-state index in [1.54, 1.807) is 6.92 Å². The maximum absolute atomic E-state index is 13.6. The van der Waals surface area contributed by atoms with Crippen molar-refractivity contribution in [3.63, 3.8) is 0 Å². The van der Waals surface area contributed by atoms with Gasteiger partial charge in [0.1, 0.15) is 11.6 Å². The lowest BCUT2D eigenvalue weighted by Crippen LogP contribution is -2.23. The number of rotatable bonds is 4. The number of carbonyl (C=O) groups is 1. The van der Waals surface area contributed by atoms with Crippen LogP contribution < -0.4 is 5.32 Å². The van der Waals surface area contributed by atoms with E-state index in [2.05, 4.69) is 5.32 Å². The number of hydrogen-bond donors (Lipinski definition) is 1. The molecule has 2 aromatic carbocycles. The molecule has 5 heteroatoms. The van der Waals surface area contributed by atoms with Crippen molar-refractivity contribution in [1.29, 1.82) is 0 Å². The van der Waals surface area contributed by atoms with Gasteiger partial charge in [-0.3, -0.25) is 4.79 Å². The molecule has 0 bridgehead atoms. The minimum absolute atomic E-state index is 0.128. The first-order valence-corrected chi connectivity index (χ1v) is 7.74. The van der Waals surface area contributed by atoms with Crippen molar-refractivity contribution in [3.8, 4) is 0 Å². The summed E-state index contributed by atoms with van der Waals surface area (Å²) in [6, 6.07) is 8.93. The van der Waals surface area contributed by atoms with Gasteiger partial charge in [-0.05, 0) is 50.6 Å².